The minimum absolute atomic E-state index is 0.142. The number of rotatable bonds is 8. The van der Waals surface area contributed by atoms with Gasteiger partial charge in [0.1, 0.15) is 5.60 Å². The van der Waals surface area contributed by atoms with Crippen molar-refractivity contribution < 1.29 is 24.5 Å². The fourth-order valence-corrected chi connectivity index (χ4v) is 4.29. The van der Waals surface area contributed by atoms with Crippen molar-refractivity contribution in [2.24, 2.45) is 5.92 Å². The van der Waals surface area contributed by atoms with Crippen LogP contribution in [0.2, 0.25) is 0 Å². The van der Waals surface area contributed by atoms with Gasteiger partial charge in [0.25, 0.3) is 0 Å². The van der Waals surface area contributed by atoms with E-state index in [0.29, 0.717) is 12.8 Å². The molecule has 0 radical (unpaired) electrons. The average molecular weight is 469 g/mol. The second-order valence-corrected chi connectivity index (χ2v) is 10.1. The third kappa shape index (κ3) is 7.05. The van der Waals surface area contributed by atoms with Gasteiger partial charge in [-0.1, -0.05) is 61.5 Å². The molecule has 0 fully saturated rings. The zero-order valence-corrected chi connectivity index (χ0v) is 20.3. The fourth-order valence-electron chi connectivity index (χ4n) is 4.29. The van der Waals surface area contributed by atoms with Crippen molar-refractivity contribution in [3.63, 3.8) is 0 Å². The molecule has 0 unspecified atom stereocenters. The second kappa shape index (κ2) is 11.0. The number of hydrogen-bond donors (Lipinski definition) is 4. The van der Waals surface area contributed by atoms with Crippen molar-refractivity contribution in [3.05, 3.63) is 71.3 Å². The van der Waals surface area contributed by atoms with Gasteiger partial charge >= 0.3 is 6.09 Å². The van der Waals surface area contributed by atoms with Gasteiger partial charge in [0.15, 0.2) is 0 Å². The lowest BCUT2D eigenvalue weighted by Gasteiger charge is -2.28. The average Bonchev–Trinajstić information content (AvgIpc) is 3.07. The zero-order valence-electron chi connectivity index (χ0n) is 20.3. The van der Waals surface area contributed by atoms with Crippen molar-refractivity contribution >= 4 is 12.0 Å². The van der Waals surface area contributed by atoms with E-state index in [1.807, 2.05) is 54.6 Å². The molecule has 0 aromatic heterocycles. The van der Waals surface area contributed by atoms with Gasteiger partial charge in [0, 0.05) is 12.3 Å². The Hall–Kier alpha value is -2.90. The molecule has 2 aromatic carbocycles. The SMILES string of the molecule is C[C@H](C[C@H](O)[C@H](Cc1ccccc1)NC(=O)OC(C)(C)C)C(=O)N[C@H]1c2ccccc2C[C@H]1O. The van der Waals surface area contributed by atoms with E-state index < -0.39 is 41.9 Å². The number of aliphatic hydroxyl groups is 2. The molecule has 5 atom stereocenters. The standard InChI is InChI=1S/C27H36N2O5/c1-17(25(32)29-24-20-13-9-8-12-19(20)16-23(24)31)14-22(30)21(15-18-10-6-5-7-11-18)28-26(33)34-27(2,3)4/h5-13,17,21-24,30-31H,14-16H2,1-4H3,(H,28,33)(H,29,32)/t17-,21+,22+,23-,24+/m1/s1. The van der Waals surface area contributed by atoms with Crippen LogP contribution in [0.4, 0.5) is 4.79 Å². The Morgan fingerprint density at radius 3 is 2.41 bits per heavy atom. The molecule has 0 aliphatic heterocycles. The molecular weight excluding hydrogens is 432 g/mol. The molecule has 1 aliphatic carbocycles. The molecule has 7 heteroatoms. The van der Waals surface area contributed by atoms with Crippen LogP contribution >= 0.6 is 0 Å². The van der Waals surface area contributed by atoms with Crippen LogP contribution in [0.5, 0.6) is 0 Å². The lowest BCUT2D eigenvalue weighted by atomic mass is 9.93. The number of carbonyl (C=O) groups is 2. The molecular formula is C27H36N2O5. The van der Waals surface area contributed by atoms with Crippen molar-refractivity contribution in [2.45, 2.75) is 76.9 Å². The first-order valence-corrected chi connectivity index (χ1v) is 11.8. The molecule has 7 nitrogen and oxygen atoms in total. The first kappa shape index (κ1) is 25.7. The monoisotopic (exact) mass is 468 g/mol. The Morgan fingerprint density at radius 2 is 1.74 bits per heavy atom. The lowest BCUT2D eigenvalue weighted by Crippen LogP contribution is -2.48. The van der Waals surface area contributed by atoms with E-state index in [2.05, 4.69) is 10.6 Å². The van der Waals surface area contributed by atoms with Gasteiger partial charge in [-0.3, -0.25) is 4.79 Å². The molecule has 184 valence electrons. The highest BCUT2D eigenvalue weighted by Gasteiger charge is 2.34. The molecule has 0 spiro atoms. The third-order valence-electron chi connectivity index (χ3n) is 6.01. The highest BCUT2D eigenvalue weighted by atomic mass is 16.6. The van der Waals surface area contributed by atoms with Gasteiger partial charge in [0.2, 0.25) is 5.91 Å². The molecule has 0 saturated carbocycles. The summed E-state index contributed by atoms with van der Waals surface area (Å²) in [6.45, 7) is 7.06. The molecule has 2 aromatic rings. The van der Waals surface area contributed by atoms with Crippen LogP contribution in [0.25, 0.3) is 0 Å². The maximum absolute atomic E-state index is 12.9. The van der Waals surface area contributed by atoms with Gasteiger partial charge in [0.05, 0.1) is 24.3 Å². The summed E-state index contributed by atoms with van der Waals surface area (Å²) in [5.41, 5.74) is 2.23. The van der Waals surface area contributed by atoms with Crippen LogP contribution in [0.15, 0.2) is 54.6 Å². The summed E-state index contributed by atoms with van der Waals surface area (Å²) in [5.74, 6) is -0.788. The van der Waals surface area contributed by atoms with E-state index in [4.69, 9.17) is 4.74 Å². The van der Waals surface area contributed by atoms with Crippen LogP contribution in [0.1, 0.15) is 56.8 Å². The number of amides is 2. The quantitative estimate of drug-likeness (QED) is 0.476. The Labute approximate surface area is 201 Å². The van der Waals surface area contributed by atoms with Crippen LogP contribution < -0.4 is 10.6 Å². The first-order valence-electron chi connectivity index (χ1n) is 11.8. The number of carbonyl (C=O) groups excluding carboxylic acids is 2. The van der Waals surface area contributed by atoms with Gasteiger partial charge in [-0.15, -0.1) is 0 Å². The largest absolute Gasteiger partial charge is 0.444 e. The number of nitrogens with one attached hydrogen (secondary N) is 2. The number of ether oxygens (including phenoxy) is 1. The number of alkyl carbamates (subject to hydrolysis) is 1. The van der Waals surface area contributed by atoms with E-state index in [1.165, 1.54) is 0 Å². The number of benzene rings is 2. The van der Waals surface area contributed by atoms with Crippen molar-refractivity contribution in [1.29, 1.82) is 0 Å². The minimum Gasteiger partial charge on any atom is -0.444 e. The molecule has 1 aliphatic rings. The predicted octanol–water partition coefficient (Wildman–Crippen LogP) is 3.28. The summed E-state index contributed by atoms with van der Waals surface area (Å²) in [5, 5.41) is 27.2. The second-order valence-electron chi connectivity index (χ2n) is 10.1. The summed E-state index contributed by atoms with van der Waals surface area (Å²) in [4.78, 5) is 25.4. The predicted molar refractivity (Wildman–Crippen MR) is 130 cm³/mol. The third-order valence-corrected chi connectivity index (χ3v) is 6.01. The zero-order chi connectivity index (χ0) is 24.9. The van der Waals surface area contributed by atoms with Crippen LogP contribution in [-0.4, -0.2) is 46.1 Å². The van der Waals surface area contributed by atoms with Gasteiger partial charge in [-0.05, 0) is 50.3 Å². The lowest BCUT2D eigenvalue weighted by molar-refractivity contribution is -0.127. The Morgan fingerprint density at radius 1 is 1.09 bits per heavy atom. The van der Waals surface area contributed by atoms with Gasteiger partial charge in [-0.2, -0.15) is 0 Å². The summed E-state index contributed by atoms with van der Waals surface area (Å²) in [6, 6.07) is 16.1. The number of hydrogen-bond acceptors (Lipinski definition) is 5. The van der Waals surface area contributed by atoms with E-state index in [-0.39, 0.29) is 12.3 Å². The van der Waals surface area contributed by atoms with Crippen LogP contribution in [-0.2, 0) is 22.4 Å². The number of fused-ring (bicyclic) bond motifs is 1. The topological polar surface area (TPSA) is 108 Å². The maximum Gasteiger partial charge on any atom is 0.407 e. The van der Waals surface area contributed by atoms with E-state index in [9.17, 15) is 19.8 Å². The molecule has 0 bridgehead atoms. The smallest absolute Gasteiger partial charge is 0.407 e. The molecule has 0 saturated heterocycles. The summed E-state index contributed by atoms with van der Waals surface area (Å²) in [6.07, 6.45) is -1.24. The first-order chi connectivity index (χ1) is 16.0. The normalized spacial score (nSPS) is 20.1. The molecule has 4 N–H and O–H groups in total. The summed E-state index contributed by atoms with van der Waals surface area (Å²) < 4.78 is 5.37. The maximum atomic E-state index is 12.9. The van der Waals surface area contributed by atoms with Gasteiger partial charge in [-0.25, -0.2) is 4.79 Å². The molecule has 3 rings (SSSR count). The highest BCUT2D eigenvalue weighted by Crippen LogP contribution is 2.31. The fraction of sp³-hybridized carbons (Fsp3) is 0.481. The molecule has 0 heterocycles. The highest BCUT2D eigenvalue weighted by molar-refractivity contribution is 5.79. The molecule has 2 amide bonds. The van der Waals surface area contributed by atoms with Crippen molar-refractivity contribution in [3.8, 4) is 0 Å². The van der Waals surface area contributed by atoms with Gasteiger partial charge < -0.3 is 25.6 Å². The van der Waals surface area contributed by atoms with E-state index >= 15 is 0 Å². The van der Waals surface area contributed by atoms with Crippen LogP contribution in [0, 0.1) is 5.92 Å². The van der Waals surface area contributed by atoms with E-state index in [0.717, 1.165) is 16.7 Å². The van der Waals surface area contributed by atoms with Crippen molar-refractivity contribution in [1.82, 2.24) is 10.6 Å². The molecule has 34 heavy (non-hydrogen) atoms. The minimum atomic E-state index is -0.978. The Kier molecular flexibility index (Phi) is 8.33. The van der Waals surface area contributed by atoms with E-state index in [1.54, 1.807) is 27.7 Å². The Bertz CT molecular complexity index is 972. The summed E-state index contributed by atoms with van der Waals surface area (Å²) >= 11 is 0. The Balaban J connectivity index is 1.65. The number of aliphatic hydroxyl groups excluding tert-OH is 2. The summed E-state index contributed by atoms with van der Waals surface area (Å²) in [7, 11) is 0. The van der Waals surface area contributed by atoms with Crippen LogP contribution in [0.3, 0.4) is 0 Å². The van der Waals surface area contributed by atoms with Crippen molar-refractivity contribution in [2.75, 3.05) is 0 Å².